The molecule has 4 aliphatic heterocycles. The van der Waals surface area contributed by atoms with Gasteiger partial charge in [0.15, 0.2) is 0 Å². The van der Waals surface area contributed by atoms with E-state index in [1.807, 2.05) is 0 Å². The zero-order chi connectivity index (χ0) is 52.2. The van der Waals surface area contributed by atoms with Gasteiger partial charge in [-0.25, -0.2) is 0 Å². The van der Waals surface area contributed by atoms with Gasteiger partial charge in [-0.2, -0.15) is 0 Å². The van der Waals surface area contributed by atoms with Crippen LogP contribution in [-0.4, -0.2) is 13.4 Å². The molecule has 0 unspecified atom stereocenters. The van der Waals surface area contributed by atoms with Crippen LogP contribution in [0.2, 0.25) is 0 Å². The van der Waals surface area contributed by atoms with Crippen molar-refractivity contribution in [3.8, 4) is 23.0 Å². The molecule has 8 heteroatoms. The van der Waals surface area contributed by atoms with Gasteiger partial charge >= 0.3 is 0 Å². The van der Waals surface area contributed by atoms with Gasteiger partial charge in [0.1, 0.15) is 23.0 Å². The van der Waals surface area contributed by atoms with Crippen LogP contribution >= 0.6 is 0 Å². The largest absolute Gasteiger partial charge is 0.458 e. The number of hydrogen-bond acceptors (Lipinski definition) is 6. The number of nitrogens with zero attached hydrogens (tertiary/aromatic N) is 4. The Labute approximate surface area is 456 Å². The molecule has 11 aromatic carbocycles. The molecule has 11 aromatic rings. The summed E-state index contributed by atoms with van der Waals surface area (Å²) in [7, 11) is 0. The topological polar surface area (TPSA) is 31.4 Å². The lowest BCUT2D eigenvalue weighted by atomic mass is 9.31. The summed E-state index contributed by atoms with van der Waals surface area (Å²) in [6.45, 7) is 8.46. The lowest BCUT2D eigenvalue weighted by Crippen LogP contribution is -2.63. The first-order valence-electron chi connectivity index (χ1n) is 27.0. The molecule has 4 aliphatic rings. The van der Waals surface area contributed by atoms with Crippen molar-refractivity contribution in [2.45, 2.75) is 27.7 Å². The van der Waals surface area contributed by atoms with Crippen LogP contribution in [0.1, 0.15) is 22.3 Å². The molecule has 4 heterocycles. The van der Waals surface area contributed by atoms with Crippen molar-refractivity contribution in [1.29, 1.82) is 0 Å². The average Bonchev–Trinajstić information content (AvgIpc) is 3.45. The van der Waals surface area contributed by atoms with Gasteiger partial charge in [-0.1, -0.05) is 152 Å². The minimum atomic E-state index is -0.153. The minimum Gasteiger partial charge on any atom is -0.458 e. The van der Waals surface area contributed by atoms with Gasteiger partial charge in [0, 0.05) is 75.1 Å². The maximum absolute atomic E-state index is 7.51. The summed E-state index contributed by atoms with van der Waals surface area (Å²) in [6.07, 6.45) is 0. The maximum Gasteiger partial charge on any atom is 0.256 e. The fourth-order valence-corrected chi connectivity index (χ4v) is 12.9. The first-order valence-corrected chi connectivity index (χ1v) is 27.0. The summed E-state index contributed by atoms with van der Waals surface area (Å²) in [5.41, 5.74) is 24.7. The van der Waals surface area contributed by atoms with E-state index in [0.717, 1.165) is 113 Å². The Hall–Kier alpha value is -9.65. The lowest BCUT2D eigenvalue weighted by Gasteiger charge is -2.43. The molecule has 0 spiro atoms. The predicted octanol–water partition coefficient (Wildman–Crippen LogP) is 14.7. The zero-order valence-electron chi connectivity index (χ0n) is 43.9. The summed E-state index contributed by atoms with van der Waals surface area (Å²) < 4.78 is 15.0. The van der Waals surface area contributed by atoms with Crippen molar-refractivity contribution in [2.24, 2.45) is 0 Å². The second-order valence-electron chi connectivity index (χ2n) is 21.0. The van der Waals surface area contributed by atoms with E-state index in [0.29, 0.717) is 0 Å². The first-order chi connectivity index (χ1) is 38.4. The highest BCUT2D eigenvalue weighted by molar-refractivity contribution is 7.02. The van der Waals surface area contributed by atoms with E-state index >= 15 is 0 Å². The molecule has 6 nitrogen and oxygen atoms in total. The van der Waals surface area contributed by atoms with Gasteiger partial charge in [0.2, 0.25) is 0 Å². The standard InChI is InChI=1S/C70H52B2N4O2/c1-45-23-11-17-33-57(45)75(58-34-18-12-24-46(58)2)51-39-63-69-67(41-51)77-65-44-66-56(43-55(65)71(69)53-31-15-21-37-61(53)73(63)49-27-7-5-8-28-49)72-54-32-16-22-38-62(54)74(50-29-9-6-10-30-50)64-40-52(42-68(78-66)70(64)72)76(59-35-19-13-25-47(59)3)60-36-20-14-26-48(60)4/h5-44H,1-4H3. The van der Waals surface area contributed by atoms with Crippen molar-refractivity contribution in [2.75, 3.05) is 19.6 Å². The Balaban J connectivity index is 0.977. The van der Waals surface area contributed by atoms with Crippen molar-refractivity contribution in [3.63, 3.8) is 0 Å². The number of benzene rings is 11. The highest BCUT2D eigenvalue weighted by Crippen LogP contribution is 2.50. The van der Waals surface area contributed by atoms with Crippen LogP contribution in [0.5, 0.6) is 23.0 Å². The fraction of sp³-hybridized carbons (Fsp3) is 0.0571. The van der Waals surface area contributed by atoms with Crippen LogP contribution < -0.4 is 61.9 Å². The third-order valence-corrected chi connectivity index (χ3v) is 16.4. The summed E-state index contributed by atoms with van der Waals surface area (Å²) in [5.74, 6) is 3.20. The molecule has 0 aliphatic carbocycles. The Morgan fingerprint density at radius 3 is 1.00 bits per heavy atom. The van der Waals surface area contributed by atoms with Gasteiger partial charge in [0.05, 0.1) is 11.4 Å². The van der Waals surface area contributed by atoms with Gasteiger partial charge in [0.25, 0.3) is 13.4 Å². The average molecular weight is 1000 g/mol. The van der Waals surface area contributed by atoms with Gasteiger partial charge in [-0.3, -0.25) is 0 Å². The van der Waals surface area contributed by atoms with Crippen molar-refractivity contribution in [3.05, 3.63) is 265 Å². The zero-order valence-corrected chi connectivity index (χ0v) is 43.9. The van der Waals surface area contributed by atoms with E-state index in [2.05, 4.69) is 290 Å². The third-order valence-electron chi connectivity index (χ3n) is 16.4. The monoisotopic (exact) mass is 1000 g/mol. The predicted molar refractivity (Wildman–Crippen MR) is 326 cm³/mol. The number of hydrogen-bond donors (Lipinski definition) is 0. The molecule has 78 heavy (non-hydrogen) atoms. The van der Waals surface area contributed by atoms with Crippen LogP contribution in [0.25, 0.3) is 0 Å². The van der Waals surface area contributed by atoms with Crippen molar-refractivity contribution in [1.82, 2.24) is 0 Å². The summed E-state index contributed by atoms with van der Waals surface area (Å²) in [4.78, 5) is 9.67. The lowest BCUT2D eigenvalue weighted by molar-refractivity contribution is 0.466. The van der Waals surface area contributed by atoms with Crippen molar-refractivity contribution < 1.29 is 9.47 Å². The molecule has 0 saturated carbocycles. The second kappa shape index (κ2) is 18.0. The Bertz CT molecular complexity index is 3860. The van der Waals surface area contributed by atoms with E-state index in [9.17, 15) is 0 Å². The first kappa shape index (κ1) is 45.7. The van der Waals surface area contributed by atoms with E-state index < -0.39 is 0 Å². The van der Waals surface area contributed by atoms with E-state index in [-0.39, 0.29) is 13.4 Å². The number of para-hydroxylation sites is 8. The van der Waals surface area contributed by atoms with Crippen molar-refractivity contribution >= 4 is 114 Å². The van der Waals surface area contributed by atoms with Crippen LogP contribution in [0.15, 0.2) is 243 Å². The molecule has 0 amide bonds. The SMILES string of the molecule is Cc1ccccc1N(c1cc2c3c(c1)N(c1ccccc1)c1ccccc1B3c1cc3c(cc1O2)Oc1cc(N(c2ccccc2C)c2ccccc2C)cc2c1B3c1ccccc1N2c1ccccc1)c1ccccc1C. The highest BCUT2D eigenvalue weighted by atomic mass is 16.5. The molecule has 0 fully saturated rings. The smallest absolute Gasteiger partial charge is 0.256 e. The van der Waals surface area contributed by atoms with Gasteiger partial charge in [-0.05, 0) is 156 Å². The summed E-state index contributed by atoms with van der Waals surface area (Å²) in [5, 5.41) is 0. The molecule has 15 rings (SSSR count). The normalized spacial score (nSPS) is 13.0. The molecule has 0 N–H and O–H groups in total. The Morgan fingerprint density at radius 1 is 0.295 bits per heavy atom. The number of anilines is 12. The van der Waals surface area contributed by atoms with E-state index in [1.54, 1.807) is 0 Å². The third kappa shape index (κ3) is 7.06. The number of aryl methyl sites for hydroxylation is 4. The summed E-state index contributed by atoms with van der Waals surface area (Å²) >= 11 is 0. The van der Waals surface area contributed by atoms with Gasteiger partial charge < -0.3 is 29.1 Å². The summed E-state index contributed by atoms with van der Waals surface area (Å²) in [6, 6.07) is 88.0. The highest BCUT2D eigenvalue weighted by Gasteiger charge is 2.47. The Kier molecular flexibility index (Phi) is 10.5. The molecule has 370 valence electrons. The molecular formula is C70H52B2N4O2. The number of fused-ring (bicyclic) bond motifs is 8. The molecule has 0 radical (unpaired) electrons. The van der Waals surface area contributed by atoms with E-state index in [1.165, 1.54) is 33.2 Å². The molecule has 0 atom stereocenters. The van der Waals surface area contributed by atoms with Crippen LogP contribution in [0.3, 0.4) is 0 Å². The number of ether oxygens (including phenoxy) is 2. The Morgan fingerprint density at radius 2 is 0.628 bits per heavy atom. The van der Waals surface area contributed by atoms with Crippen LogP contribution in [-0.2, 0) is 0 Å². The molecular weight excluding hydrogens is 950 g/mol. The quantitative estimate of drug-likeness (QED) is 0.141. The fourth-order valence-electron chi connectivity index (χ4n) is 12.9. The minimum absolute atomic E-state index is 0.153. The molecule has 0 bridgehead atoms. The van der Waals surface area contributed by atoms with Crippen LogP contribution in [0.4, 0.5) is 68.2 Å². The maximum atomic E-state index is 7.51. The number of rotatable bonds is 8. The van der Waals surface area contributed by atoms with Gasteiger partial charge in [-0.15, -0.1) is 0 Å². The molecule has 0 aromatic heterocycles. The van der Waals surface area contributed by atoms with E-state index in [4.69, 9.17) is 9.47 Å². The second-order valence-corrected chi connectivity index (χ2v) is 21.0. The molecule has 0 saturated heterocycles. The van der Waals surface area contributed by atoms with Crippen LogP contribution in [0, 0.1) is 27.7 Å².